The SMILES string of the molecule is CC(C)(C)C(=O)C[C@@H](CCCCNC(=O)COCCOCCCC(=O)CCC(NC(=O)CCC(NC(=O)CCCCCCCCCCCNC(=O)CCCS(=O)(=O)CC(=O)CCCCCCCCCCCCCCCc1nn[nH]n1)C(=O)O)C(=O)O)C(N)=O. The lowest BCUT2D eigenvalue weighted by Gasteiger charge is -2.20. The van der Waals surface area contributed by atoms with E-state index in [4.69, 9.17) is 15.2 Å². The normalized spacial score (nSPS) is 12.6. The zero-order valence-electron chi connectivity index (χ0n) is 54.0. The van der Waals surface area contributed by atoms with Gasteiger partial charge in [-0.3, -0.25) is 38.4 Å². The molecule has 1 aromatic heterocycles. The molecule has 0 saturated heterocycles. The molecule has 1 heterocycles. The minimum Gasteiger partial charge on any atom is -0.480 e. The highest BCUT2D eigenvalue weighted by Gasteiger charge is 2.28. The zero-order valence-corrected chi connectivity index (χ0v) is 54.8. The number of carboxylic acids is 2. The number of carbonyl (C=O) groups is 10. The van der Waals surface area contributed by atoms with Gasteiger partial charge in [-0.05, 0) is 64.2 Å². The Labute approximate surface area is 528 Å². The average molecular weight is 1280 g/mol. The number of carboxylic acid groups (broad SMARTS) is 2. The molecule has 89 heavy (non-hydrogen) atoms. The fourth-order valence-corrected chi connectivity index (χ4v) is 11.2. The topological polar surface area (TPSA) is 392 Å². The lowest BCUT2D eigenvalue weighted by molar-refractivity contribution is -0.143. The third-order valence-electron chi connectivity index (χ3n) is 15.3. The minimum atomic E-state index is -3.55. The Morgan fingerprint density at radius 3 is 1.53 bits per heavy atom. The van der Waals surface area contributed by atoms with Crippen LogP contribution in [0.25, 0.3) is 0 Å². The van der Waals surface area contributed by atoms with Crippen molar-refractivity contribution < 1.29 is 76.0 Å². The molecule has 0 saturated carbocycles. The van der Waals surface area contributed by atoms with Gasteiger partial charge in [-0.15, -0.1) is 10.2 Å². The lowest BCUT2D eigenvalue weighted by Crippen LogP contribution is -2.44. The van der Waals surface area contributed by atoms with Crippen LogP contribution in [0.4, 0.5) is 0 Å². The number of nitrogens with zero attached hydrogens (tertiary/aromatic N) is 3. The average Bonchev–Trinajstić information content (AvgIpc) is 4.05. The summed E-state index contributed by atoms with van der Waals surface area (Å²) in [4.78, 5) is 122. The number of aromatic amines is 1. The molecule has 9 N–H and O–H groups in total. The van der Waals surface area contributed by atoms with Crippen LogP contribution in [0.15, 0.2) is 0 Å². The fraction of sp³-hybridized carbons (Fsp3) is 0.825. The predicted molar refractivity (Wildman–Crippen MR) is 337 cm³/mol. The monoisotopic (exact) mass is 1280 g/mol. The molecule has 0 spiro atoms. The van der Waals surface area contributed by atoms with E-state index in [1.807, 2.05) is 0 Å². The Hall–Kier alpha value is -5.76. The van der Waals surface area contributed by atoms with Gasteiger partial charge in [-0.1, -0.05) is 148 Å². The molecule has 0 fully saturated rings. The molecular weight excluding hydrogens is 1170 g/mol. The van der Waals surface area contributed by atoms with Crippen LogP contribution >= 0.6 is 0 Å². The quantitative estimate of drug-likeness (QED) is 0.0293. The molecule has 0 aliphatic rings. The number of primary amides is 1. The van der Waals surface area contributed by atoms with E-state index in [9.17, 15) is 66.6 Å². The molecule has 0 aromatic carbocycles. The summed E-state index contributed by atoms with van der Waals surface area (Å²) in [5.41, 5.74) is 4.92. The van der Waals surface area contributed by atoms with Gasteiger partial charge in [0.1, 0.15) is 41.8 Å². The van der Waals surface area contributed by atoms with Gasteiger partial charge in [0, 0.05) is 82.4 Å². The second kappa shape index (κ2) is 50.9. The third-order valence-corrected chi connectivity index (χ3v) is 17.0. The van der Waals surface area contributed by atoms with Crippen LogP contribution in [-0.4, -0.2) is 161 Å². The number of hydrogen-bond donors (Lipinski definition) is 8. The summed E-state index contributed by atoms with van der Waals surface area (Å²) in [6.07, 6.45) is 25.5. The molecule has 5 amide bonds. The Bertz CT molecular complexity index is 2300. The maximum atomic E-state index is 12.6. The highest BCUT2D eigenvalue weighted by Crippen LogP contribution is 2.23. The van der Waals surface area contributed by atoms with Crippen LogP contribution in [0.1, 0.15) is 258 Å². The van der Waals surface area contributed by atoms with Gasteiger partial charge in [0.2, 0.25) is 29.5 Å². The molecule has 0 aliphatic heterocycles. The summed E-state index contributed by atoms with van der Waals surface area (Å²) < 4.78 is 35.8. The first-order chi connectivity index (χ1) is 42.5. The molecular formula is C63H111N9O16S. The van der Waals surface area contributed by atoms with Crippen LogP contribution in [0.3, 0.4) is 0 Å². The van der Waals surface area contributed by atoms with E-state index < -0.39 is 68.7 Å². The first kappa shape index (κ1) is 81.3. The Kier molecular flexibility index (Phi) is 46.5. The second-order valence-electron chi connectivity index (χ2n) is 24.6. The lowest BCUT2D eigenvalue weighted by atomic mass is 9.83. The number of nitrogens with one attached hydrogen (secondary N) is 5. The highest BCUT2D eigenvalue weighted by atomic mass is 32.2. The second-order valence-corrected chi connectivity index (χ2v) is 26.7. The number of tetrazole rings is 1. The van der Waals surface area contributed by atoms with Crippen molar-refractivity contribution in [1.29, 1.82) is 0 Å². The van der Waals surface area contributed by atoms with Crippen molar-refractivity contribution in [1.82, 2.24) is 41.9 Å². The number of H-pyrrole nitrogens is 1. The Balaban J connectivity index is 2.03. The fourth-order valence-electron chi connectivity index (χ4n) is 9.82. The van der Waals surface area contributed by atoms with Crippen molar-refractivity contribution in [2.45, 2.75) is 270 Å². The van der Waals surface area contributed by atoms with E-state index in [1.165, 1.54) is 51.4 Å². The van der Waals surface area contributed by atoms with Gasteiger partial charge in [0.05, 0.1) is 19.0 Å². The maximum Gasteiger partial charge on any atom is 0.326 e. The van der Waals surface area contributed by atoms with Crippen LogP contribution in [-0.2, 0) is 73.7 Å². The first-order valence-corrected chi connectivity index (χ1v) is 34.8. The van der Waals surface area contributed by atoms with Gasteiger partial charge in [-0.25, -0.2) is 18.0 Å². The molecule has 0 bridgehead atoms. The van der Waals surface area contributed by atoms with Crippen molar-refractivity contribution in [3.63, 3.8) is 0 Å². The van der Waals surface area contributed by atoms with Crippen molar-refractivity contribution in [2.75, 3.05) is 51.0 Å². The number of aromatic nitrogens is 4. The number of carbonyl (C=O) groups excluding carboxylic acids is 8. The molecule has 1 aromatic rings. The molecule has 0 aliphatic carbocycles. The standard InChI is InChI=1S/C63H111N9O16S/c1-63(2,3)54(75)46-49(60(64)80)30-25-27-41-66-59(79)47-88-44-43-87-42-28-32-50(73)36-37-52(61(81)82)68-58(78)39-38-53(62(83)84)67-57(77)34-24-20-16-12-9-13-17-21-26-40-65-56(76)35-29-45-89(85,86)48-51(74)31-22-18-14-10-7-5-4-6-8-11-15-19-23-33-55-69-71-72-70-55/h49,52-53H,4-48H2,1-3H3,(H2,64,80)(H,65,76)(H,66,79)(H,67,77)(H,68,78)(H,81,82)(H,83,84)(H,69,70,71,72)/t49-,52?,53?/m1/s1. The molecule has 0 radical (unpaired) electrons. The number of Topliss-reactive ketones (excluding diaryl/α,β-unsaturated/α-hetero) is 3. The summed E-state index contributed by atoms with van der Waals surface area (Å²) in [5, 5.41) is 43.7. The Morgan fingerprint density at radius 2 is 0.989 bits per heavy atom. The van der Waals surface area contributed by atoms with Crippen LogP contribution in [0.2, 0.25) is 0 Å². The number of unbranched alkanes of at least 4 members (excludes halogenated alkanes) is 21. The molecule has 26 heteroatoms. The summed E-state index contributed by atoms with van der Waals surface area (Å²) in [6.45, 7) is 6.60. The number of aryl methyl sites for hydroxylation is 1. The number of ether oxygens (including phenoxy) is 2. The summed E-state index contributed by atoms with van der Waals surface area (Å²) in [7, 11) is -3.55. The Morgan fingerprint density at radius 1 is 0.517 bits per heavy atom. The smallest absolute Gasteiger partial charge is 0.326 e. The van der Waals surface area contributed by atoms with Crippen LogP contribution < -0.4 is 27.0 Å². The molecule has 3 atom stereocenters. The van der Waals surface area contributed by atoms with Gasteiger partial charge in [0.15, 0.2) is 15.7 Å². The zero-order chi connectivity index (χ0) is 66.0. The highest BCUT2D eigenvalue weighted by molar-refractivity contribution is 7.92. The van der Waals surface area contributed by atoms with Gasteiger partial charge < -0.3 is 46.7 Å². The third kappa shape index (κ3) is 47.8. The number of rotatable bonds is 61. The van der Waals surface area contributed by atoms with E-state index >= 15 is 0 Å². The summed E-state index contributed by atoms with van der Waals surface area (Å²) in [5.74, 6) is -5.85. The van der Waals surface area contributed by atoms with Gasteiger partial charge in [-0.2, -0.15) is 5.21 Å². The maximum absolute atomic E-state index is 12.6. The molecule has 1 rings (SSSR count). The number of ketones is 3. The number of nitrogens with two attached hydrogens (primary N) is 1. The van der Waals surface area contributed by atoms with E-state index in [-0.39, 0.29) is 126 Å². The number of amides is 5. The molecule has 2 unspecified atom stereocenters. The van der Waals surface area contributed by atoms with Gasteiger partial charge >= 0.3 is 11.9 Å². The number of aliphatic carboxylic acids is 2. The van der Waals surface area contributed by atoms with E-state index in [0.717, 1.165) is 89.3 Å². The number of hydrogen-bond acceptors (Lipinski definition) is 17. The van der Waals surface area contributed by atoms with Gasteiger partial charge in [0.25, 0.3) is 0 Å². The van der Waals surface area contributed by atoms with Crippen molar-refractivity contribution in [3.8, 4) is 0 Å². The van der Waals surface area contributed by atoms with E-state index in [1.54, 1.807) is 20.8 Å². The molecule has 510 valence electrons. The van der Waals surface area contributed by atoms with E-state index in [0.29, 0.717) is 51.6 Å². The minimum absolute atomic E-state index is 0.0316. The predicted octanol–water partition coefficient (Wildman–Crippen LogP) is 7.46. The first-order valence-electron chi connectivity index (χ1n) is 33.0. The molecule has 25 nitrogen and oxygen atoms in total. The van der Waals surface area contributed by atoms with Crippen LogP contribution in [0.5, 0.6) is 0 Å². The van der Waals surface area contributed by atoms with Crippen LogP contribution in [0, 0.1) is 11.3 Å². The largest absolute Gasteiger partial charge is 0.480 e. The summed E-state index contributed by atoms with van der Waals surface area (Å²) in [6, 6.07) is -2.73. The van der Waals surface area contributed by atoms with Crippen molar-refractivity contribution in [2.24, 2.45) is 17.1 Å². The van der Waals surface area contributed by atoms with E-state index in [2.05, 4.69) is 41.9 Å². The van der Waals surface area contributed by atoms with Crippen molar-refractivity contribution >= 4 is 68.7 Å². The number of sulfone groups is 1. The van der Waals surface area contributed by atoms with Crippen molar-refractivity contribution in [3.05, 3.63) is 5.82 Å². The summed E-state index contributed by atoms with van der Waals surface area (Å²) >= 11 is 0.